The Morgan fingerprint density at radius 1 is 1.21 bits per heavy atom. The predicted octanol–water partition coefficient (Wildman–Crippen LogP) is 3.40. The van der Waals surface area contributed by atoms with E-state index in [4.69, 9.17) is 0 Å². The van der Waals surface area contributed by atoms with E-state index in [1.807, 2.05) is 0 Å². The molecule has 112 valence electrons. The van der Waals surface area contributed by atoms with E-state index in [1.54, 1.807) is 0 Å². The van der Waals surface area contributed by atoms with Gasteiger partial charge >= 0.3 is 0 Å². The summed E-state index contributed by atoms with van der Waals surface area (Å²) in [6, 6.07) is 0.0515. The summed E-state index contributed by atoms with van der Waals surface area (Å²) in [5, 5.41) is 3.54. The first kappa shape index (κ1) is 16.5. The first-order valence-corrected chi connectivity index (χ1v) is 8.02. The summed E-state index contributed by atoms with van der Waals surface area (Å²) in [5.74, 6) is 1.62. The highest BCUT2D eigenvalue weighted by Crippen LogP contribution is 2.20. The van der Waals surface area contributed by atoms with Crippen molar-refractivity contribution in [3.63, 3.8) is 0 Å². The van der Waals surface area contributed by atoms with Crippen LogP contribution in [0.3, 0.4) is 0 Å². The fourth-order valence-electron chi connectivity index (χ4n) is 2.84. The minimum absolute atomic E-state index is 0.0515. The van der Waals surface area contributed by atoms with Gasteiger partial charge in [-0.15, -0.1) is 0 Å². The van der Waals surface area contributed by atoms with Crippen LogP contribution in [-0.2, 0) is 4.79 Å². The quantitative estimate of drug-likeness (QED) is 0.732. The second-order valence-electron chi connectivity index (χ2n) is 6.72. The molecule has 0 bridgehead atoms. The van der Waals surface area contributed by atoms with Crippen molar-refractivity contribution in [3.05, 3.63) is 0 Å². The zero-order valence-corrected chi connectivity index (χ0v) is 13.4. The molecule has 1 aliphatic rings. The van der Waals surface area contributed by atoms with Crippen LogP contribution < -0.4 is 5.32 Å². The molecule has 1 fully saturated rings. The Kier molecular flexibility index (Phi) is 6.84. The third kappa shape index (κ3) is 5.13. The zero-order chi connectivity index (χ0) is 14.4. The number of carbonyl (C=O) groups excluding carboxylic acids is 1. The van der Waals surface area contributed by atoms with Crippen LogP contribution in [0.2, 0.25) is 0 Å². The standard InChI is InChI=1S/C16H32N2O/c1-6-8-15-17-14(11-13(4)5)16(19)18(15)10-7-9-12(2)3/h12-15,17H,6-11H2,1-5H3. The van der Waals surface area contributed by atoms with E-state index in [1.165, 1.54) is 6.42 Å². The van der Waals surface area contributed by atoms with Crippen molar-refractivity contribution in [2.75, 3.05) is 6.54 Å². The van der Waals surface area contributed by atoms with E-state index in [-0.39, 0.29) is 12.2 Å². The minimum atomic E-state index is 0.0515. The number of hydrogen-bond donors (Lipinski definition) is 1. The van der Waals surface area contributed by atoms with Gasteiger partial charge in [0.15, 0.2) is 0 Å². The molecule has 0 radical (unpaired) electrons. The maximum absolute atomic E-state index is 12.5. The lowest BCUT2D eigenvalue weighted by Gasteiger charge is -2.24. The highest BCUT2D eigenvalue weighted by Gasteiger charge is 2.37. The monoisotopic (exact) mass is 268 g/mol. The van der Waals surface area contributed by atoms with E-state index in [0.717, 1.165) is 38.1 Å². The van der Waals surface area contributed by atoms with Gasteiger partial charge in [0.05, 0.1) is 12.2 Å². The Balaban J connectivity index is 2.55. The van der Waals surface area contributed by atoms with E-state index < -0.39 is 0 Å². The molecule has 0 aliphatic carbocycles. The lowest BCUT2D eigenvalue weighted by Crippen LogP contribution is -2.38. The van der Waals surface area contributed by atoms with Gasteiger partial charge in [-0.25, -0.2) is 0 Å². The zero-order valence-electron chi connectivity index (χ0n) is 13.4. The minimum Gasteiger partial charge on any atom is -0.326 e. The summed E-state index contributed by atoms with van der Waals surface area (Å²) in [6.45, 7) is 12.0. The van der Waals surface area contributed by atoms with Crippen molar-refractivity contribution in [1.82, 2.24) is 10.2 Å². The van der Waals surface area contributed by atoms with Crippen LogP contribution in [0.1, 0.15) is 66.7 Å². The topological polar surface area (TPSA) is 32.3 Å². The first-order chi connectivity index (χ1) is 8.95. The van der Waals surface area contributed by atoms with Crippen LogP contribution in [0.5, 0.6) is 0 Å². The Labute approximate surface area is 119 Å². The second-order valence-corrected chi connectivity index (χ2v) is 6.72. The van der Waals surface area contributed by atoms with Crippen molar-refractivity contribution in [2.45, 2.75) is 78.9 Å². The third-order valence-corrected chi connectivity index (χ3v) is 3.80. The Morgan fingerprint density at radius 2 is 1.89 bits per heavy atom. The van der Waals surface area contributed by atoms with Crippen LogP contribution in [0.15, 0.2) is 0 Å². The highest BCUT2D eigenvalue weighted by molar-refractivity contribution is 5.84. The third-order valence-electron chi connectivity index (χ3n) is 3.80. The highest BCUT2D eigenvalue weighted by atomic mass is 16.2. The van der Waals surface area contributed by atoms with Crippen LogP contribution in [0.25, 0.3) is 0 Å². The van der Waals surface area contributed by atoms with Gasteiger partial charge in [-0.3, -0.25) is 10.1 Å². The summed E-state index contributed by atoms with van der Waals surface area (Å²) >= 11 is 0. The average Bonchev–Trinajstić information content (AvgIpc) is 2.57. The fraction of sp³-hybridized carbons (Fsp3) is 0.938. The number of carbonyl (C=O) groups is 1. The normalized spacial score (nSPS) is 23.9. The molecular weight excluding hydrogens is 236 g/mol. The van der Waals surface area contributed by atoms with Crippen LogP contribution >= 0.6 is 0 Å². The van der Waals surface area contributed by atoms with Gasteiger partial charge in [0.25, 0.3) is 0 Å². The van der Waals surface area contributed by atoms with Crippen LogP contribution in [0.4, 0.5) is 0 Å². The van der Waals surface area contributed by atoms with Crippen molar-refractivity contribution in [3.8, 4) is 0 Å². The second kappa shape index (κ2) is 7.88. The molecule has 1 aliphatic heterocycles. The summed E-state index contributed by atoms with van der Waals surface area (Å²) in [4.78, 5) is 14.6. The molecule has 2 atom stereocenters. The summed E-state index contributed by atoms with van der Waals surface area (Å²) in [6.07, 6.45) is 5.76. The summed E-state index contributed by atoms with van der Waals surface area (Å²) in [7, 11) is 0. The molecule has 3 nitrogen and oxygen atoms in total. The van der Waals surface area contributed by atoms with Gasteiger partial charge in [-0.2, -0.15) is 0 Å². The number of hydrogen-bond acceptors (Lipinski definition) is 2. The molecule has 1 amide bonds. The van der Waals surface area contributed by atoms with Crippen molar-refractivity contribution >= 4 is 5.91 Å². The molecule has 0 aromatic rings. The van der Waals surface area contributed by atoms with E-state index in [9.17, 15) is 4.79 Å². The number of rotatable bonds is 8. The Hall–Kier alpha value is -0.570. The van der Waals surface area contributed by atoms with Crippen LogP contribution in [0, 0.1) is 11.8 Å². The molecule has 19 heavy (non-hydrogen) atoms. The van der Waals surface area contributed by atoms with Gasteiger partial charge in [-0.1, -0.05) is 41.0 Å². The number of nitrogens with zero attached hydrogens (tertiary/aromatic N) is 1. The molecule has 1 rings (SSSR count). The van der Waals surface area contributed by atoms with Crippen molar-refractivity contribution in [1.29, 1.82) is 0 Å². The van der Waals surface area contributed by atoms with E-state index in [0.29, 0.717) is 11.8 Å². The molecular formula is C16H32N2O. The van der Waals surface area contributed by atoms with E-state index >= 15 is 0 Å². The maximum Gasteiger partial charge on any atom is 0.241 e. The van der Waals surface area contributed by atoms with Crippen molar-refractivity contribution in [2.24, 2.45) is 11.8 Å². The first-order valence-electron chi connectivity index (χ1n) is 8.02. The molecule has 0 spiro atoms. The fourth-order valence-corrected chi connectivity index (χ4v) is 2.84. The van der Waals surface area contributed by atoms with Crippen LogP contribution in [-0.4, -0.2) is 29.6 Å². The lowest BCUT2D eigenvalue weighted by molar-refractivity contribution is -0.130. The lowest BCUT2D eigenvalue weighted by atomic mass is 10.0. The molecule has 0 aromatic heterocycles. The van der Waals surface area contributed by atoms with Gasteiger partial charge in [0.2, 0.25) is 5.91 Å². The SMILES string of the molecule is CCCC1NC(CC(C)C)C(=O)N1CCCC(C)C. The van der Waals surface area contributed by atoms with Gasteiger partial charge in [-0.05, 0) is 37.5 Å². The largest absolute Gasteiger partial charge is 0.326 e. The molecule has 1 saturated heterocycles. The smallest absolute Gasteiger partial charge is 0.241 e. The molecule has 1 N–H and O–H groups in total. The Bertz CT molecular complexity index is 276. The van der Waals surface area contributed by atoms with Gasteiger partial charge < -0.3 is 4.90 Å². The number of amides is 1. The molecule has 1 heterocycles. The average molecular weight is 268 g/mol. The Morgan fingerprint density at radius 3 is 2.42 bits per heavy atom. The summed E-state index contributed by atoms with van der Waals surface area (Å²) < 4.78 is 0. The molecule has 0 aromatic carbocycles. The molecule has 0 saturated carbocycles. The predicted molar refractivity (Wildman–Crippen MR) is 80.9 cm³/mol. The van der Waals surface area contributed by atoms with E-state index in [2.05, 4.69) is 44.8 Å². The number of nitrogens with one attached hydrogen (secondary N) is 1. The molecule has 3 heteroatoms. The maximum atomic E-state index is 12.5. The molecule has 2 unspecified atom stereocenters. The summed E-state index contributed by atoms with van der Waals surface area (Å²) in [5.41, 5.74) is 0. The van der Waals surface area contributed by atoms with Crippen molar-refractivity contribution < 1.29 is 4.79 Å². The van der Waals surface area contributed by atoms with Gasteiger partial charge in [0, 0.05) is 6.54 Å². The van der Waals surface area contributed by atoms with Gasteiger partial charge in [0.1, 0.15) is 0 Å².